The Morgan fingerprint density at radius 3 is 1.73 bits per heavy atom. The van der Waals surface area contributed by atoms with Gasteiger partial charge in [-0.15, -0.1) is 6.42 Å². The van der Waals surface area contributed by atoms with Crippen LogP contribution in [-0.2, 0) is 6.42 Å². The normalized spacial score (nSPS) is 19.3. The molecule has 6 rings (SSSR count). The first-order valence-electron chi connectivity index (χ1n) is 27.4. The fraction of sp³-hybridized carbons (Fsp3) is 0.393. The fourth-order valence-corrected chi connectivity index (χ4v) is 11.6. The Balaban J connectivity index is 1.97. The number of benzene rings is 2. The van der Waals surface area contributed by atoms with E-state index >= 15 is 0 Å². The van der Waals surface area contributed by atoms with Crippen molar-refractivity contribution in [1.29, 1.82) is 0 Å². The van der Waals surface area contributed by atoms with Crippen molar-refractivity contribution in [2.45, 2.75) is 136 Å². The van der Waals surface area contributed by atoms with E-state index in [0.29, 0.717) is 86.9 Å². The van der Waals surface area contributed by atoms with Crippen LogP contribution >= 0.6 is 0 Å². The molecule has 352 valence electrons. The molecule has 0 amide bonds. The van der Waals surface area contributed by atoms with Gasteiger partial charge in [0, 0.05) is 0 Å². The summed E-state index contributed by atoms with van der Waals surface area (Å²) in [5.41, 5.74) is 8.50. The number of unbranched alkanes of at least 4 members (excludes halogenated alkanes) is 4. The molecule has 2 heterocycles. The van der Waals surface area contributed by atoms with Crippen molar-refractivity contribution in [2.75, 3.05) is 21.2 Å². The van der Waals surface area contributed by atoms with E-state index in [0.717, 1.165) is 62.5 Å². The zero-order valence-electron chi connectivity index (χ0n) is 47.6. The second kappa shape index (κ2) is 27.3. The summed E-state index contributed by atoms with van der Waals surface area (Å²) in [6.45, 7) is 11.2. The monoisotopic (exact) mass is 996 g/mol. The second-order valence-corrected chi connectivity index (χ2v) is 21.4. The summed E-state index contributed by atoms with van der Waals surface area (Å²) in [4.78, 5) is 5.41. The predicted octanol–water partition coefficient (Wildman–Crippen LogP) is 0.632. The summed E-state index contributed by atoms with van der Waals surface area (Å²) in [6, 6.07) is 1.98. The Kier molecular flexibility index (Phi) is 22.3. The van der Waals surface area contributed by atoms with Crippen LogP contribution in [0.3, 0.4) is 0 Å². The molecule has 0 saturated heterocycles. The molecule has 0 saturated carbocycles. The molecule has 24 heteroatoms. The standard InChI is InChI=1S/C56H50B21N3/c1-8-13-17-24(6)34(60)43(69)54(55(74)75)80-33-22-26(78(51-46(72)41(67)42(68)47(51)73)23-31(59)40(66)39(65)30(58)12-5)21-32-49(33)77(50(56(80)76)37(63)27(25(7)57)18-14-9-2)48-29(20-16-11-4)38(64)53(48)79(32)52-44(70)35(61)28(19-15-10-3)36(62)45(52)71/h5,21-22,48,51,53H,8-11,13-20,23H2,1-4,6-7H3/b27-25+,34-24-,39-30-,40-31-,50-37-,54-43-. The molecule has 2 aromatic rings. The van der Waals surface area contributed by atoms with Gasteiger partial charge in [0.05, 0.1) is 0 Å². The Labute approximate surface area is 507 Å². The van der Waals surface area contributed by atoms with Crippen molar-refractivity contribution in [3.05, 3.63) is 117 Å². The van der Waals surface area contributed by atoms with Crippen LogP contribution in [0.1, 0.15) is 118 Å². The number of hydrogen-bond acceptors (Lipinski definition) is 3. The van der Waals surface area contributed by atoms with Gasteiger partial charge in [0.25, 0.3) is 0 Å². The average molecular weight is 992 g/mol. The van der Waals surface area contributed by atoms with Gasteiger partial charge in [-0.2, -0.15) is 0 Å². The van der Waals surface area contributed by atoms with E-state index in [1.807, 2.05) is 30.9 Å². The van der Waals surface area contributed by atoms with E-state index in [1.54, 1.807) is 9.80 Å². The maximum atomic E-state index is 7.85. The Hall–Kier alpha value is -3.84. The molecular weight excluding hydrogens is 942 g/mol. The molecule has 3 nitrogen and oxygen atoms in total. The van der Waals surface area contributed by atoms with Crippen LogP contribution in [0.5, 0.6) is 0 Å². The third-order valence-corrected chi connectivity index (χ3v) is 16.2. The van der Waals surface area contributed by atoms with Crippen LogP contribution in [0, 0.1) is 12.3 Å². The number of nitrogens with zero attached hydrogens (tertiary/aromatic N) is 3. The minimum absolute atomic E-state index is 0.00394. The van der Waals surface area contributed by atoms with Crippen LogP contribution in [0.4, 0.5) is 22.7 Å². The number of rotatable bonds is 22. The Bertz CT molecular complexity index is 3180. The van der Waals surface area contributed by atoms with Gasteiger partial charge in [0.2, 0.25) is 0 Å². The van der Waals surface area contributed by atoms with Crippen molar-refractivity contribution in [3.63, 3.8) is 0 Å². The van der Waals surface area contributed by atoms with Gasteiger partial charge < -0.3 is 0 Å². The van der Waals surface area contributed by atoms with E-state index in [-0.39, 0.29) is 99.8 Å². The van der Waals surface area contributed by atoms with Crippen molar-refractivity contribution >= 4 is 224 Å². The number of terminal acetylenes is 1. The summed E-state index contributed by atoms with van der Waals surface area (Å²) in [5, 5.41) is -0.233. The predicted molar refractivity (Wildman–Crippen MR) is 366 cm³/mol. The first kappa shape index (κ1) is 65.3. The van der Waals surface area contributed by atoms with E-state index in [9.17, 15) is 0 Å². The second-order valence-electron chi connectivity index (χ2n) is 21.4. The number of allylic oxidation sites excluding steroid dienone is 12. The number of fused-ring (bicyclic) bond motifs is 2. The molecule has 0 aromatic heterocycles. The molecule has 38 radical (unpaired) electrons. The molecule has 0 spiro atoms. The molecule has 0 N–H and O–H groups in total. The average Bonchev–Trinajstić information content (AvgIpc) is 3.45. The number of anilines is 4. The first-order chi connectivity index (χ1) is 37.7. The molecule has 80 heavy (non-hydrogen) atoms. The van der Waals surface area contributed by atoms with Crippen LogP contribution in [0.25, 0.3) is 0 Å². The van der Waals surface area contributed by atoms with Gasteiger partial charge in [-0.25, -0.2) is 0 Å². The zero-order valence-corrected chi connectivity index (χ0v) is 47.6. The van der Waals surface area contributed by atoms with Crippen molar-refractivity contribution in [3.8, 4) is 12.3 Å². The summed E-state index contributed by atoms with van der Waals surface area (Å²) in [5.74, 6) is 1.87. The molecule has 4 aliphatic rings. The summed E-state index contributed by atoms with van der Waals surface area (Å²) in [7, 11) is 140. The molecule has 0 bridgehead atoms. The minimum atomic E-state index is -1.08. The van der Waals surface area contributed by atoms with Crippen LogP contribution in [-0.4, -0.2) is 192 Å². The van der Waals surface area contributed by atoms with E-state index in [4.69, 9.17) is 163 Å². The van der Waals surface area contributed by atoms with Crippen molar-refractivity contribution in [1.82, 2.24) is 0 Å². The molecule has 2 atom stereocenters. The van der Waals surface area contributed by atoms with Crippen LogP contribution in [0.2, 0.25) is 5.82 Å². The van der Waals surface area contributed by atoms with E-state index in [2.05, 4.69) is 33.6 Å². The van der Waals surface area contributed by atoms with Crippen molar-refractivity contribution < 1.29 is 0 Å². The zero-order chi connectivity index (χ0) is 59.7. The van der Waals surface area contributed by atoms with Gasteiger partial charge in [-0.3, -0.25) is 0 Å². The Morgan fingerprint density at radius 1 is 0.662 bits per heavy atom. The number of hydrogen-bond donors (Lipinski definition) is 0. The van der Waals surface area contributed by atoms with Gasteiger partial charge in [-0.05, 0) is 0 Å². The topological polar surface area (TPSA) is 9.72 Å². The molecule has 2 unspecified atom stereocenters. The quantitative estimate of drug-likeness (QED) is 0.0977. The third-order valence-electron chi connectivity index (χ3n) is 16.2. The first-order valence-corrected chi connectivity index (χ1v) is 27.4. The Morgan fingerprint density at radius 2 is 1.20 bits per heavy atom. The van der Waals surface area contributed by atoms with Gasteiger partial charge in [0.15, 0.2) is 0 Å². The molecular formula is C56H50B21N3. The van der Waals surface area contributed by atoms with Gasteiger partial charge in [-0.1, -0.05) is 13.3 Å². The maximum absolute atomic E-state index is 7.85. The third kappa shape index (κ3) is 12.0. The van der Waals surface area contributed by atoms with Crippen LogP contribution < -0.4 is 42.0 Å². The summed E-state index contributed by atoms with van der Waals surface area (Å²) in [6.07, 6.45) is 14.6. The molecule has 0 fully saturated rings. The van der Waals surface area contributed by atoms with Gasteiger partial charge in [0.1, 0.15) is 0 Å². The molecule has 2 aliphatic heterocycles. The summed E-state index contributed by atoms with van der Waals surface area (Å²) < 4.78 is 0. The molecule has 2 aromatic carbocycles. The van der Waals surface area contributed by atoms with Gasteiger partial charge >= 0.3 is 491 Å². The van der Waals surface area contributed by atoms with Crippen molar-refractivity contribution in [2.24, 2.45) is 0 Å². The fourth-order valence-electron chi connectivity index (χ4n) is 11.6. The summed E-state index contributed by atoms with van der Waals surface area (Å²) >= 11 is 0. The van der Waals surface area contributed by atoms with E-state index in [1.165, 1.54) is 0 Å². The molecule has 2 aliphatic carbocycles. The SMILES string of the molecule is [B]C(=[B])/C(=C([B])\C([B])=C(/C)CCCC)N1C(=[B])/C(=C([B])\C(CCCC)=C(\[B])C)B2c3c1cc(N(C/C([B])=C([B])\C([B])=C(\[B])C#C)C1C([B])=C([B])C([B])=C1[B])cc3N(c1c([B])c([B])c(CCCC)c([B])c1[B])C1C([B])=C(CCCC)C21. The van der Waals surface area contributed by atoms with E-state index < -0.39 is 24.6 Å². The van der Waals surface area contributed by atoms with Crippen LogP contribution in [0.15, 0.2) is 111 Å².